The van der Waals surface area contributed by atoms with Gasteiger partial charge in [0.05, 0.1) is 19.6 Å². The van der Waals surface area contributed by atoms with E-state index >= 15 is 0 Å². The summed E-state index contributed by atoms with van der Waals surface area (Å²) < 4.78 is 9.36. The highest BCUT2D eigenvalue weighted by Gasteiger charge is 2.17. The molecular weight excluding hydrogens is 292 g/mol. The molecule has 124 valence electrons. The van der Waals surface area contributed by atoms with Crippen molar-refractivity contribution < 1.29 is 28.7 Å². The summed E-state index contributed by atoms with van der Waals surface area (Å²) in [6, 6.07) is -0.958. The Labute approximate surface area is 129 Å². The number of primary amides is 1. The molecule has 0 aliphatic carbocycles. The SMILES string of the molecule is CCOC(=O)/C=C/C[C@@H](NC(=O)CCC(=O)OCC)C(N)=O. The Morgan fingerprint density at radius 2 is 1.73 bits per heavy atom. The second-order valence-electron chi connectivity index (χ2n) is 4.22. The van der Waals surface area contributed by atoms with Crippen LogP contribution in [0, 0.1) is 0 Å². The van der Waals surface area contributed by atoms with E-state index in [9.17, 15) is 19.2 Å². The Morgan fingerprint density at radius 3 is 2.27 bits per heavy atom. The third kappa shape index (κ3) is 9.51. The van der Waals surface area contributed by atoms with Crippen molar-refractivity contribution in [3.8, 4) is 0 Å². The lowest BCUT2D eigenvalue weighted by molar-refractivity contribution is -0.144. The van der Waals surface area contributed by atoms with E-state index in [1.54, 1.807) is 13.8 Å². The van der Waals surface area contributed by atoms with Crippen molar-refractivity contribution in [2.75, 3.05) is 13.2 Å². The summed E-state index contributed by atoms with van der Waals surface area (Å²) >= 11 is 0. The predicted molar refractivity (Wildman–Crippen MR) is 77.4 cm³/mol. The highest BCUT2D eigenvalue weighted by atomic mass is 16.5. The number of nitrogens with one attached hydrogen (secondary N) is 1. The van der Waals surface area contributed by atoms with Crippen LogP contribution in [0.4, 0.5) is 0 Å². The van der Waals surface area contributed by atoms with Crippen LogP contribution in [0.3, 0.4) is 0 Å². The van der Waals surface area contributed by atoms with Gasteiger partial charge in [-0.25, -0.2) is 4.79 Å². The van der Waals surface area contributed by atoms with Crippen molar-refractivity contribution in [3.63, 3.8) is 0 Å². The van der Waals surface area contributed by atoms with Crippen molar-refractivity contribution in [1.29, 1.82) is 0 Å². The minimum absolute atomic E-state index is 0.0549. The number of carbonyl (C=O) groups excluding carboxylic acids is 4. The number of hydrogen-bond acceptors (Lipinski definition) is 6. The van der Waals surface area contributed by atoms with Gasteiger partial charge in [-0.2, -0.15) is 0 Å². The fourth-order valence-corrected chi connectivity index (χ4v) is 1.45. The first-order chi connectivity index (χ1) is 10.4. The number of ether oxygens (including phenoxy) is 2. The average molecular weight is 314 g/mol. The topological polar surface area (TPSA) is 125 Å². The Bertz CT molecular complexity index is 433. The van der Waals surface area contributed by atoms with Gasteiger partial charge in [0.15, 0.2) is 0 Å². The highest BCUT2D eigenvalue weighted by molar-refractivity contribution is 5.88. The van der Waals surface area contributed by atoms with E-state index in [-0.39, 0.29) is 32.5 Å². The summed E-state index contributed by atoms with van der Waals surface area (Å²) in [4.78, 5) is 45.1. The second-order valence-corrected chi connectivity index (χ2v) is 4.22. The number of esters is 2. The van der Waals surface area contributed by atoms with Crippen LogP contribution in [0.2, 0.25) is 0 Å². The van der Waals surface area contributed by atoms with E-state index in [1.165, 1.54) is 6.08 Å². The van der Waals surface area contributed by atoms with Gasteiger partial charge in [-0.15, -0.1) is 0 Å². The van der Waals surface area contributed by atoms with Gasteiger partial charge < -0.3 is 20.5 Å². The molecule has 0 aliphatic heterocycles. The first-order valence-corrected chi connectivity index (χ1v) is 6.98. The summed E-state index contributed by atoms with van der Waals surface area (Å²) in [5, 5.41) is 2.40. The molecule has 22 heavy (non-hydrogen) atoms. The molecule has 3 N–H and O–H groups in total. The first-order valence-electron chi connectivity index (χ1n) is 6.98. The lowest BCUT2D eigenvalue weighted by atomic mass is 10.1. The fourth-order valence-electron chi connectivity index (χ4n) is 1.45. The van der Waals surface area contributed by atoms with Gasteiger partial charge in [0.2, 0.25) is 11.8 Å². The van der Waals surface area contributed by atoms with Gasteiger partial charge in [0.1, 0.15) is 6.04 Å². The van der Waals surface area contributed by atoms with E-state index in [2.05, 4.69) is 14.8 Å². The zero-order valence-corrected chi connectivity index (χ0v) is 12.8. The minimum Gasteiger partial charge on any atom is -0.466 e. The number of nitrogens with two attached hydrogens (primary N) is 1. The molecule has 0 heterocycles. The molecule has 2 amide bonds. The summed E-state index contributed by atoms with van der Waals surface area (Å²) in [5.41, 5.74) is 5.17. The summed E-state index contributed by atoms with van der Waals surface area (Å²) in [7, 11) is 0. The lowest BCUT2D eigenvalue weighted by Crippen LogP contribution is -2.44. The normalized spacial score (nSPS) is 11.7. The van der Waals surface area contributed by atoms with Crippen LogP contribution in [0.1, 0.15) is 33.1 Å². The molecule has 8 heteroatoms. The Kier molecular flexibility index (Phi) is 10.1. The predicted octanol–water partition coefficient (Wildman–Crippen LogP) is -0.191. The molecule has 0 aliphatic rings. The van der Waals surface area contributed by atoms with Crippen molar-refractivity contribution in [1.82, 2.24) is 5.32 Å². The summed E-state index contributed by atoms with van der Waals surface area (Å²) in [5.74, 6) is -2.27. The van der Waals surface area contributed by atoms with Gasteiger partial charge in [-0.05, 0) is 20.3 Å². The molecule has 0 radical (unpaired) electrons. The Morgan fingerprint density at radius 1 is 1.09 bits per heavy atom. The zero-order valence-electron chi connectivity index (χ0n) is 12.8. The number of carbonyl (C=O) groups is 4. The Balaban J connectivity index is 4.29. The molecular formula is C14H22N2O6. The highest BCUT2D eigenvalue weighted by Crippen LogP contribution is 1.98. The van der Waals surface area contributed by atoms with E-state index in [1.807, 2.05) is 0 Å². The van der Waals surface area contributed by atoms with Crippen LogP contribution in [-0.2, 0) is 28.7 Å². The minimum atomic E-state index is -0.958. The molecule has 0 fully saturated rings. The lowest BCUT2D eigenvalue weighted by Gasteiger charge is -2.13. The molecule has 0 bridgehead atoms. The van der Waals surface area contributed by atoms with Crippen LogP contribution in [-0.4, -0.2) is 43.0 Å². The maximum atomic E-state index is 11.6. The van der Waals surface area contributed by atoms with E-state index in [0.717, 1.165) is 6.08 Å². The van der Waals surface area contributed by atoms with E-state index < -0.39 is 29.8 Å². The standard InChI is InChI=1S/C14H22N2O6/c1-3-21-12(18)7-5-6-10(14(15)20)16-11(17)8-9-13(19)22-4-2/h5,7,10H,3-4,6,8-9H2,1-2H3,(H2,15,20)(H,16,17)/b7-5+/t10-/m1/s1. The number of amides is 2. The summed E-state index contributed by atoms with van der Waals surface area (Å²) in [6.45, 7) is 3.81. The fraction of sp³-hybridized carbons (Fsp3) is 0.571. The average Bonchev–Trinajstić information content (AvgIpc) is 2.44. The molecule has 8 nitrogen and oxygen atoms in total. The van der Waals surface area contributed by atoms with E-state index in [0.29, 0.717) is 0 Å². The maximum absolute atomic E-state index is 11.6. The maximum Gasteiger partial charge on any atom is 0.330 e. The number of hydrogen-bond donors (Lipinski definition) is 2. The van der Waals surface area contributed by atoms with Crippen LogP contribution in [0.25, 0.3) is 0 Å². The molecule has 0 rings (SSSR count). The Hall–Kier alpha value is -2.38. The molecule has 0 spiro atoms. The van der Waals surface area contributed by atoms with E-state index in [4.69, 9.17) is 5.73 Å². The van der Waals surface area contributed by atoms with Gasteiger partial charge in [-0.1, -0.05) is 6.08 Å². The van der Waals surface area contributed by atoms with Crippen LogP contribution >= 0.6 is 0 Å². The second kappa shape index (κ2) is 11.3. The molecule has 0 saturated heterocycles. The van der Waals surface area contributed by atoms with Gasteiger partial charge in [0.25, 0.3) is 0 Å². The monoisotopic (exact) mass is 314 g/mol. The van der Waals surface area contributed by atoms with Gasteiger partial charge >= 0.3 is 11.9 Å². The third-order valence-corrected chi connectivity index (χ3v) is 2.45. The summed E-state index contributed by atoms with van der Waals surface area (Å²) in [6.07, 6.45) is 2.41. The largest absolute Gasteiger partial charge is 0.466 e. The quantitative estimate of drug-likeness (QED) is 0.425. The molecule has 1 atom stereocenters. The smallest absolute Gasteiger partial charge is 0.330 e. The van der Waals surface area contributed by atoms with Crippen LogP contribution < -0.4 is 11.1 Å². The number of rotatable bonds is 10. The van der Waals surface area contributed by atoms with Crippen molar-refractivity contribution >= 4 is 23.8 Å². The van der Waals surface area contributed by atoms with Crippen molar-refractivity contribution in [2.24, 2.45) is 5.73 Å². The molecule has 0 aromatic carbocycles. The van der Waals surface area contributed by atoms with Crippen LogP contribution in [0.15, 0.2) is 12.2 Å². The van der Waals surface area contributed by atoms with Crippen LogP contribution in [0.5, 0.6) is 0 Å². The van der Waals surface area contributed by atoms with Gasteiger partial charge in [-0.3, -0.25) is 14.4 Å². The molecule has 0 unspecified atom stereocenters. The van der Waals surface area contributed by atoms with Crippen molar-refractivity contribution in [2.45, 2.75) is 39.2 Å². The molecule has 0 aromatic heterocycles. The van der Waals surface area contributed by atoms with Crippen molar-refractivity contribution in [3.05, 3.63) is 12.2 Å². The van der Waals surface area contributed by atoms with Gasteiger partial charge in [0, 0.05) is 12.5 Å². The third-order valence-electron chi connectivity index (χ3n) is 2.45. The first kappa shape index (κ1) is 19.6. The zero-order chi connectivity index (χ0) is 17.0. The molecule has 0 aromatic rings. The molecule has 0 saturated carbocycles.